The third-order valence-corrected chi connectivity index (χ3v) is 4.66. The third kappa shape index (κ3) is 3.46. The molecule has 2 aromatic rings. The number of hydrogen-bond donors (Lipinski definition) is 2. The summed E-state index contributed by atoms with van der Waals surface area (Å²) >= 11 is 1.33. The van der Waals surface area contributed by atoms with Crippen LogP contribution < -0.4 is 15.5 Å². The van der Waals surface area contributed by atoms with Gasteiger partial charge in [-0.1, -0.05) is 6.07 Å². The van der Waals surface area contributed by atoms with Crippen LogP contribution in [0.2, 0.25) is 0 Å². The summed E-state index contributed by atoms with van der Waals surface area (Å²) in [7, 11) is 0. The number of fused-ring (bicyclic) bond motifs is 1. The maximum atomic E-state index is 12.0. The van der Waals surface area contributed by atoms with E-state index in [4.69, 9.17) is 0 Å². The van der Waals surface area contributed by atoms with Gasteiger partial charge in [-0.05, 0) is 41.6 Å². The molecule has 0 spiro atoms. The molecule has 7 heteroatoms. The summed E-state index contributed by atoms with van der Waals surface area (Å²) in [6.45, 7) is 2.12. The van der Waals surface area contributed by atoms with Gasteiger partial charge in [0, 0.05) is 24.8 Å². The van der Waals surface area contributed by atoms with Crippen molar-refractivity contribution in [1.29, 1.82) is 0 Å². The number of rotatable bonds is 4. The Kier molecular flexibility index (Phi) is 4.61. The number of benzene rings is 1. The molecule has 24 heavy (non-hydrogen) atoms. The van der Waals surface area contributed by atoms with Crippen LogP contribution in [-0.4, -0.2) is 30.8 Å². The highest BCUT2D eigenvalue weighted by molar-refractivity contribution is 7.12. The number of carbonyl (C=O) groups excluding carboxylic acids is 3. The van der Waals surface area contributed by atoms with Crippen molar-refractivity contribution in [2.75, 3.05) is 23.3 Å². The van der Waals surface area contributed by atoms with E-state index in [1.54, 1.807) is 30.0 Å². The second kappa shape index (κ2) is 6.84. The first-order valence-corrected chi connectivity index (χ1v) is 8.45. The van der Waals surface area contributed by atoms with Crippen molar-refractivity contribution in [3.05, 3.63) is 46.2 Å². The second-order valence-corrected chi connectivity index (χ2v) is 6.42. The number of nitrogens with one attached hydrogen (secondary N) is 2. The summed E-state index contributed by atoms with van der Waals surface area (Å²) in [6, 6.07) is 8.97. The molecule has 124 valence electrons. The first-order valence-electron chi connectivity index (χ1n) is 7.57. The van der Waals surface area contributed by atoms with Gasteiger partial charge < -0.3 is 15.5 Å². The largest absolute Gasteiger partial charge is 0.342 e. The molecule has 1 aliphatic rings. The Morgan fingerprint density at radius 3 is 2.79 bits per heavy atom. The molecule has 0 fully saturated rings. The lowest BCUT2D eigenvalue weighted by Crippen LogP contribution is -2.32. The molecule has 2 heterocycles. The lowest BCUT2D eigenvalue weighted by atomic mass is 10.1. The summed E-state index contributed by atoms with van der Waals surface area (Å²) in [5.74, 6) is -0.533. The van der Waals surface area contributed by atoms with E-state index < -0.39 is 0 Å². The number of thiophene rings is 1. The smallest absolute Gasteiger partial charge is 0.261 e. The Balaban J connectivity index is 1.57. The van der Waals surface area contributed by atoms with Crippen LogP contribution in [-0.2, 0) is 16.0 Å². The quantitative estimate of drug-likeness (QED) is 0.891. The van der Waals surface area contributed by atoms with Gasteiger partial charge in [0.05, 0.1) is 11.4 Å². The van der Waals surface area contributed by atoms with Crippen molar-refractivity contribution in [3.63, 3.8) is 0 Å². The van der Waals surface area contributed by atoms with Crippen molar-refractivity contribution in [2.45, 2.75) is 13.3 Å². The Morgan fingerprint density at radius 1 is 1.25 bits per heavy atom. The third-order valence-electron chi connectivity index (χ3n) is 3.79. The molecule has 0 atom stereocenters. The fourth-order valence-corrected chi connectivity index (χ4v) is 3.31. The Labute approximate surface area is 143 Å². The zero-order chi connectivity index (χ0) is 17.1. The maximum absolute atomic E-state index is 12.0. The first kappa shape index (κ1) is 16.2. The SMILES string of the molecule is CC(=O)N1CCc2cc(NC(=O)CNC(=O)c3cccs3)ccc21. The van der Waals surface area contributed by atoms with Gasteiger partial charge in [-0.2, -0.15) is 0 Å². The van der Waals surface area contributed by atoms with E-state index in [9.17, 15) is 14.4 Å². The summed E-state index contributed by atoms with van der Waals surface area (Å²) in [5.41, 5.74) is 2.59. The zero-order valence-electron chi connectivity index (χ0n) is 13.2. The fraction of sp³-hybridized carbons (Fsp3) is 0.235. The molecule has 0 aliphatic carbocycles. The Hall–Kier alpha value is -2.67. The average Bonchev–Trinajstić information content (AvgIpc) is 3.21. The fourth-order valence-electron chi connectivity index (χ4n) is 2.67. The van der Waals surface area contributed by atoms with Gasteiger partial charge in [-0.3, -0.25) is 14.4 Å². The predicted octanol–water partition coefficient (Wildman–Crippen LogP) is 2.03. The highest BCUT2D eigenvalue weighted by Gasteiger charge is 2.22. The summed E-state index contributed by atoms with van der Waals surface area (Å²) in [6.07, 6.45) is 0.772. The van der Waals surface area contributed by atoms with Gasteiger partial charge in [0.25, 0.3) is 5.91 Å². The van der Waals surface area contributed by atoms with Gasteiger partial charge in [-0.15, -0.1) is 11.3 Å². The lowest BCUT2D eigenvalue weighted by Gasteiger charge is -2.15. The highest BCUT2D eigenvalue weighted by atomic mass is 32.1. The van der Waals surface area contributed by atoms with Crippen LogP contribution in [0.1, 0.15) is 22.2 Å². The van der Waals surface area contributed by atoms with E-state index in [1.807, 2.05) is 17.5 Å². The minimum atomic E-state index is -0.290. The highest BCUT2D eigenvalue weighted by Crippen LogP contribution is 2.30. The molecule has 0 saturated carbocycles. The molecule has 3 rings (SSSR count). The topological polar surface area (TPSA) is 78.5 Å². The molecule has 1 aliphatic heterocycles. The van der Waals surface area contributed by atoms with Crippen LogP contribution in [0.25, 0.3) is 0 Å². The number of nitrogens with zero attached hydrogens (tertiary/aromatic N) is 1. The molecule has 3 amide bonds. The standard InChI is InChI=1S/C17H17N3O3S/c1-11(21)20-7-6-12-9-13(4-5-14(12)20)19-16(22)10-18-17(23)15-3-2-8-24-15/h2-5,8-9H,6-7,10H2,1H3,(H,18,23)(H,19,22). The predicted molar refractivity (Wildman–Crippen MR) is 93.5 cm³/mol. The second-order valence-electron chi connectivity index (χ2n) is 5.47. The number of amides is 3. The molecule has 1 aromatic carbocycles. The molecule has 6 nitrogen and oxygen atoms in total. The Bertz CT molecular complexity index is 786. The van der Waals surface area contributed by atoms with Gasteiger partial charge in [-0.25, -0.2) is 0 Å². The van der Waals surface area contributed by atoms with Gasteiger partial charge >= 0.3 is 0 Å². The van der Waals surface area contributed by atoms with Crippen LogP contribution in [0, 0.1) is 0 Å². The van der Waals surface area contributed by atoms with E-state index >= 15 is 0 Å². The minimum absolute atomic E-state index is 0.0156. The van der Waals surface area contributed by atoms with E-state index in [-0.39, 0.29) is 24.3 Å². The van der Waals surface area contributed by atoms with E-state index in [1.165, 1.54) is 11.3 Å². The summed E-state index contributed by atoms with van der Waals surface area (Å²) < 4.78 is 0. The van der Waals surface area contributed by atoms with Crippen molar-refractivity contribution in [1.82, 2.24) is 5.32 Å². The molecule has 2 N–H and O–H groups in total. The summed E-state index contributed by atoms with van der Waals surface area (Å²) in [4.78, 5) is 37.6. The number of anilines is 2. The van der Waals surface area contributed by atoms with Crippen LogP contribution >= 0.6 is 11.3 Å². The first-order chi connectivity index (χ1) is 11.5. The van der Waals surface area contributed by atoms with Gasteiger partial charge in [0.2, 0.25) is 11.8 Å². The molecular formula is C17H17N3O3S. The Morgan fingerprint density at radius 2 is 2.08 bits per heavy atom. The average molecular weight is 343 g/mol. The molecule has 1 aromatic heterocycles. The van der Waals surface area contributed by atoms with Crippen LogP contribution in [0.15, 0.2) is 35.7 Å². The molecule has 0 unspecified atom stereocenters. The number of carbonyl (C=O) groups is 3. The van der Waals surface area contributed by atoms with E-state index in [0.717, 1.165) is 17.7 Å². The maximum Gasteiger partial charge on any atom is 0.261 e. The number of hydrogen-bond acceptors (Lipinski definition) is 4. The van der Waals surface area contributed by atoms with Crippen LogP contribution in [0.4, 0.5) is 11.4 Å². The van der Waals surface area contributed by atoms with E-state index in [2.05, 4.69) is 10.6 Å². The van der Waals surface area contributed by atoms with Gasteiger partial charge in [0.1, 0.15) is 0 Å². The minimum Gasteiger partial charge on any atom is -0.342 e. The normalized spacial score (nSPS) is 12.6. The van der Waals surface area contributed by atoms with Crippen molar-refractivity contribution >= 4 is 40.4 Å². The summed E-state index contributed by atoms with van der Waals surface area (Å²) in [5, 5.41) is 7.16. The van der Waals surface area contributed by atoms with Gasteiger partial charge in [0.15, 0.2) is 0 Å². The van der Waals surface area contributed by atoms with Crippen molar-refractivity contribution < 1.29 is 14.4 Å². The lowest BCUT2D eigenvalue weighted by molar-refractivity contribution is -0.116. The molecule has 0 radical (unpaired) electrons. The molecule has 0 bridgehead atoms. The van der Waals surface area contributed by atoms with Crippen LogP contribution in [0.5, 0.6) is 0 Å². The molecular weight excluding hydrogens is 326 g/mol. The monoisotopic (exact) mass is 343 g/mol. The molecule has 0 saturated heterocycles. The van der Waals surface area contributed by atoms with Crippen LogP contribution in [0.3, 0.4) is 0 Å². The van der Waals surface area contributed by atoms with Crippen molar-refractivity contribution in [2.24, 2.45) is 0 Å². The van der Waals surface area contributed by atoms with E-state index in [0.29, 0.717) is 17.1 Å². The zero-order valence-corrected chi connectivity index (χ0v) is 14.0. The van der Waals surface area contributed by atoms with Crippen molar-refractivity contribution in [3.8, 4) is 0 Å².